The third kappa shape index (κ3) is 4.57. The largest absolute Gasteiger partial charge is 0.458 e. The van der Waals surface area contributed by atoms with Gasteiger partial charge in [-0.25, -0.2) is 0 Å². The van der Waals surface area contributed by atoms with E-state index in [2.05, 4.69) is 158 Å². The minimum atomic E-state index is -0.0355. The summed E-state index contributed by atoms with van der Waals surface area (Å²) in [5, 5.41) is 2.55. The van der Waals surface area contributed by atoms with Crippen molar-refractivity contribution < 1.29 is 9.47 Å². The standard InChI is InChI=1S/C44H30BNO2S/c1-27-12-16-31(17-13-27)46(32-18-14-28(2)15-19-32)33-20-21-36-38(24-33)47-40-22-30(29-8-4-3-5-9-29)23-41-44(40)45(36)37-25-35-34-10-6-7-11-42(34)49-43(35)26-39(37)48-41/h3-26H,1-2H3. The molecule has 1 aromatic heterocycles. The lowest BCUT2D eigenvalue weighted by Gasteiger charge is -2.34. The molecule has 8 aromatic rings. The number of aryl methyl sites for hydroxylation is 2. The maximum atomic E-state index is 6.94. The number of benzene rings is 7. The highest BCUT2D eigenvalue weighted by molar-refractivity contribution is 7.25. The summed E-state index contributed by atoms with van der Waals surface area (Å²) in [6, 6.07) is 52.2. The molecule has 0 amide bonds. The zero-order valence-corrected chi connectivity index (χ0v) is 27.9. The van der Waals surface area contributed by atoms with Crippen LogP contribution in [0.25, 0.3) is 31.3 Å². The van der Waals surface area contributed by atoms with Crippen molar-refractivity contribution >= 4 is 71.7 Å². The lowest BCUT2D eigenvalue weighted by atomic mass is 9.34. The van der Waals surface area contributed by atoms with Crippen LogP contribution in [-0.2, 0) is 0 Å². The SMILES string of the molecule is Cc1ccc(N(c2ccc(C)cc2)c2ccc3c(c2)Oc2cc(-c4ccccc4)cc4c2B3c2cc3c(cc2O4)sc2ccccc23)cc1. The molecule has 5 heteroatoms. The minimum absolute atomic E-state index is 0.0355. The Morgan fingerprint density at radius 2 is 1.08 bits per heavy atom. The van der Waals surface area contributed by atoms with Crippen molar-refractivity contribution in [3.8, 4) is 34.1 Å². The van der Waals surface area contributed by atoms with Crippen LogP contribution in [0.4, 0.5) is 17.1 Å². The van der Waals surface area contributed by atoms with Gasteiger partial charge >= 0.3 is 0 Å². The Labute approximate surface area is 289 Å². The lowest BCUT2D eigenvalue weighted by Crippen LogP contribution is -2.57. The molecule has 0 saturated carbocycles. The number of rotatable bonds is 4. The fourth-order valence-electron chi connectivity index (χ4n) is 7.47. The molecule has 2 aliphatic rings. The van der Waals surface area contributed by atoms with E-state index in [1.807, 2.05) is 17.4 Å². The summed E-state index contributed by atoms with van der Waals surface area (Å²) < 4.78 is 16.3. The van der Waals surface area contributed by atoms with Crippen LogP contribution in [0.15, 0.2) is 146 Å². The summed E-state index contributed by atoms with van der Waals surface area (Å²) in [5.74, 6) is 3.46. The molecular weight excluding hydrogens is 617 g/mol. The van der Waals surface area contributed by atoms with Crippen LogP contribution >= 0.6 is 11.3 Å². The van der Waals surface area contributed by atoms with Gasteiger partial charge in [0.05, 0.1) is 0 Å². The molecule has 7 aromatic carbocycles. The van der Waals surface area contributed by atoms with E-state index < -0.39 is 0 Å². The van der Waals surface area contributed by atoms with Crippen LogP contribution in [-0.4, -0.2) is 6.71 Å². The first kappa shape index (κ1) is 28.3. The molecule has 49 heavy (non-hydrogen) atoms. The van der Waals surface area contributed by atoms with Gasteiger partial charge in [-0.2, -0.15) is 0 Å². The predicted molar refractivity (Wildman–Crippen MR) is 207 cm³/mol. The molecule has 232 valence electrons. The average Bonchev–Trinajstić information content (AvgIpc) is 3.50. The van der Waals surface area contributed by atoms with Crippen molar-refractivity contribution in [2.45, 2.75) is 13.8 Å². The van der Waals surface area contributed by atoms with Crippen LogP contribution < -0.4 is 30.8 Å². The van der Waals surface area contributed by atoms with Crippen LogP contribution in [0.1, 0.15) is 11.1 Å². The summed E-state index contributed by atoms with van der Waals surface area (Å²) in [5.41, 5.74) is 11.3. The Bertz CT molecular complexity index is 2530. The van der Waals surface area contributed by atoms with Crippen molar-refractivity contribution in [3.63, 3.8) is 0 Å². The number of anilines is 3. The van der Waals surface area contributed by atoms with E-state index >= 15 is 0 Å². The summed E-state index contributed by atoms with van der Waals surface area (Å²) in [7, 11) is 0. The molecule has 0 unspecified atom stereocenters. The first-order valence-corrected chi connectivity index (χ1v) is 17.5. The molecule has 2 aliphatic heterocycles. The fourth-order valence-corrected chi connectivity index (χ4v) is 8.59. The highest BCUT2D eigenvalue weighted by atomic mass is 32.1. The van der Waals surface area contributed by atoms with Gasteiger partial charge in [-0.15, -0.1) is 11.3 Å². The number of thiophene rings is 1. The van der Waals surface area contributed by atoms with E-state index in [0.717, 1.165) is 62.1 Å². The van der Waals surface area contributed by atoms with E-state index in [0.29, 0.717) is 0 Å². The van der Waals surface area contributed by atoms with Crippen LogP contribution in [0, 0.1) is 13.8 Å². The van der Waals surface area contributed by atoms with E-state index in [9.17, 15) is 0 Å². The smallest absolute Gasteiger partial charge is 0.260 e. The highest BCUT2D eigenvalue weighted by Crippen LogP contribution is 2.43. The monoisotopic (exact) mass is 647 g/mol. The first-order valence-electron chi connectivity index (χ1n) is 16.7. The zero-order chi connectivity index (χ0) is 32.6. The van der Waals surface area contributed by atoms with E-state index in [1.54, 1.807) is 0 Å². The van der Waals surface area contributed by atoms with Gasteiger partial charge in [0.15, 0.2) is 0 Å². The molecule has 0 spiro atoms. The molecule has 0 atom stereocenters. The Morgan fingerprint density at radius 1 is 0.469 bits per heavy atom. The Balaban J connectivity index is 1.19. The van der Waals surface area contributed by atoms with E-state index in [4.69, 9.17) is 9.47 Å². The molecule has 0 N–H and O–H groups in total. The summed E-state index contributed by atoms with van der Waals surface area (Å²) >= 11 is 1.82. The van der Waals surface area contributed by atoms with Crippen LogP contribution in [0.5, 0.6) is 23.0 Å². The molecule has 0 saturated heterocycles. The maximum absolute atomic E-state index is 6.94. The number of fused-ring (bicyclic) bond motifs is 7. The van der Waals surface area contributed by atoms with Crippen molar-refractivity contribution in [2.75, 3.05) is 4.90 Å². The Kier molecular flexibility index (Phi) is 6.27. The normalized spacial score (nSPS) is 12.6. The van der Waals surface area contributed by atoms with Crippen molar-refractivity contribution in [1.82, 2.24) is 0 Å². The molecular formula is C44H30BNO2S. The Morgan fingerprint density at radius 3 is 1.78 bits per heavy atom. The quantitative estimate of drug-likeness (QED) is 0.178. The number of nitrogens with zero attached hydrogens (tertiary/aromatic N) is 1. The van der Waals surface area contributed by atoms with Crippen molar-refractivity contribution in [3.05, 3.63) is 157 Å². The second-order valence-electron chi connectivity index (χ2n) is 13.1. The topological polar surface area (TPSA) is 21.7 Å². The van der Waals surface area contributed by atoms with Gasteiger partial charge in [0.1, 0.15) is 23.0 Å². The predicted octanol–water partition coefficient (Wildman–Crippen LogP) is 10.5. The molecule has 0 radical (unpaired) electrons. The van der Waals surface area contributed by atoms with Gasteiger partial charge in [0.2, 0.25) is 0 Å². The first-order chi connectivity index (χ1) is 24.1. The summed E-state index contributed by atoms with van der Waals surface area (Å²) in [6.07, 6.45) is 0. The fraction of sp³-hybridized carbons (Fsp3) is 0.0455. The van der Waals surface area contributed by atoms with Crippen molar-refractivity contribution in [2.24, 2.45) is 0 Å². The third-order valence-corrected chi connectivity index (χ3v) is 11.0. The number of ether oxygens (including phenoxy) is 2. The zero-order valence-electron chi connectivity index (χ0n) is 27.1. The molecule has 0 fully saturated rings. The average molecular weight is 648 g/mol. The highest BCUT2D eigenvalue weighted by Gasteiger charge is 2.41. The molecule has 3 nitrogen and oxygen atoms in total. The van der Waals surface area contributed by atoms with Crippen LogP contribution in [0.2, 0.25) is 0 Å². The van der Waals surface area contributed by atoms with E-state index in [1.165, 1.54) is 36.8 Å². The second-order valence-corrected chi connectivity index (χ2v) is 14.2. The number of hydrogen-bond acceptors (Lipinski definition) is 4. The summed E-state index contributed by atoms with van der Waals surface area (Å²) in [6.45, 7) is 4.22. The lowest BCUT2D eigenvalue weighted by molar-refractivity contribution is 0.465. The molecule has 3 heterocycles. The molecule has 0 bridgehead atoms. The van der Waals surface area contributed by atoms with Gasteiger partial charge < -0.3 is 14.4 Å². The third-order valence-electron chi connectivity index (χ3n) is 9.91. The maximum Gasteiger partial charge on any atom is 0.260 e. The van der Waals surface area contributed by atoms with Gasteiger partial charge in [-0.1, -0.05) is 96.1 Å². The van der Waals surface area contributed by atoms with Crippen LogP contribution in [0.3, 0.4) is 0 Å². The van der Waals surface area contributed by atoms with Crippen molar-refractivity contribution in [1.29, 1.82) is 0 Å². The van der Waals surface area contributed by atoms with Gasteiger partial charge in [-0.3, -0.25) is 0 Å². The second kappa shape index (κ2) is 10.9. The molecule has 10 rings (SSSR count). The number of hydrogen-bond donors (Lipinski definition) is 0. The van der Waals surface area contributed by atoms with E-state index in [-0.39, 0.29) is 6.71 Å². The van der Waals surface area contributed by atoms with Gasteiger partial charge in [-0.05, 0) is 90.5 Å². The minimum Gasteiger partial charge on any atom is -0.458 e. The Hall–Kier alpha value is -5.78. The van der Waals surface area contributed by atoms with Gasteiger partial charge in [0, 0.05) is 48.8 Å². The van der Waals surface area contributed by atoms with Gasteiger partial charge in [0.25, 0.3) is 6.71 Å². The summed E-state index contributed by atoms with van der Waals surface area (Å²) in [4.78, 5) is 2.31. The molecule has 0 aliphatic carbocycles.